The molecule has 1 aromatic rings. The fourth-order valence-corrected chi connectivity index (χ4v) is 4.42. The van der Waals surface area contributed by atoms with Crippen LogP contribution in [0, 0.1) is 0 Å². The van der Waals surface area contributed by atoms with Gasteiger partial charge in [0.2, 0.25) is 0 Å². The maximum Gasteiger partial charge on any atom is 0.328 e. The average molecular weight is 305 g/mol. The van der Waals surface area contributed by atoms with E-state index >= 15 is 0 Å². The summed E-state index contributed by atoms with van der Waals surface area (Å²) in [5.41, 5.74) is 0. The normalized spacial score (nSPS) is 20.4. The zero-order valence-corrected chi connectivity index (χ0v) is 12.2. The third-order valence-electron chi connectivity index (χ3n) is 2.73. The molecule has 0 aromatic carbocycles. The maximum absolute atomic E-state index is 11.9. The molecule has 1 aromatic heterocycles. The summed E-state index contributed by atoms with van der Waals surface area (Å²) in [5, 5.41) is 9.98. The van der Waals surface area contributed by atoms with Crippen molar-refractivity contribution < 1.29 is 18.3 Å². The van der Waals surface area contributed by atoms with Gasteiger partial charge in [0.1, 0.15) is 4.21 Å². The summed E-state index contributed by atoms with van der Waals surface area (Å²) in [4.78, 5) is 18.2. The molecule has 1 N–H and O–H groups in total. The highest BCUT2D eigenvalue weighted by molar-refractivity contribution is 7.93. The van der Waals surface area contributed by atoms with E-state index in [1.807, 2.05) is 0 Å². The Bertz CT molecular complexity index is 583. The number of sulfone groups is 1. The number of urea groups is 1. The first-order chi connectivity index (χ1) is 8.86. The van der Waals surface area contributed by atoms with E-state index in [2.05, 4.69) is 4.98 Å². The number of carbonyl (C=O) groups excluding carboxylic acids is 1. The van der Waals surface area contributed by atoms with Crippen LogP contribution in [0.2, 0.25) is 0 Å². The van der Waals surface area contributed by atoms with Crippen LogP contribution in [0.5, 0.6) is 0 Å². The Kier molecular flexibility index (Phi) is 3.79. The summed E-state index contributed by atoms with van der Waals surface area (Å²) in [7, 11) is -1.78. The summed E-state index contributed by atoms with van der Waals surface area (Å²) in [6.45, 7) is 1.96. The molecule has 1 aliphatic rings. The molecule has 106 valence electrons. The molecular formula is C10H15N3O4S2. The lowest BCUT2D eigenvalue weighted by Gasteiger charge is -2.14. The summed E-state index contributed by atoms with van der Waals surface area (Å²) in [5.74, 6) is 0.0467. The maximum atomic E-state index is 11.9. The van der Waals surface area contributed by atoms with Gasteiger partial charge in [0.05, 0.1) is 18.5 Å². The predicted molar refractivity (Wildman–Crippen MR) is 71.0 cm³/mol. The lowest BCUT2D eigenvalue weighted by Crippen LogP contribution is -2.34. The van der Waals surface area contributed by atoms with E-state index in [-0.39, 0.29) is 27.7 Å². The zero-order chi connectivity index (χ0) is 14.2. The van der Waals surface area contributed by atoms with Gasteiger partial charge in [-0.3, -0.25) is 0 Å². The number of rotatable bonds is 4. The smallest absolute Gasteiger partial charge is 0.328 e. The Hall–Kier alpha value is -1.19. The minimum Gasteiger partial charge on any atom is -0.371 e. The van der Waals surface area contributed by atoms with Crippen LogP contribution in [0.25, 0.3) is 0 Å². The molecule has 0 spiro atoms. The van der Waals surface area contributed by atoms with Gasteiger partial charge in [0.25, 0.3) is 0 Å². The third kappa shape index (κ3) is 2.58. The van der Waals surface area contributed by atoms with Crippen molar-refractivity contribution in [1.82, 2.24) is 9.88 Å². The van der Waals surface area contributed by atoms with Crippen LogP contribution in [0.4, 0.5) is 9.93 Å². The van der Waals surface area contributed by atoms with Crippen LogP contribution < -0.4 is 4.90 Å². The van der Waals surface area contributed by atoms with Crippen LogP contribution in [-0.4, -0.2) is 55.0 Å². The number of β-amino-alcohol motifs (C(OH)–C–C–N with tert-alkyl or cyclic N) is 1. The number of nitrogens with zero attached hydrogens (tertiary/aromatic N) is 3. The van der Waals surface area contributed by atoms with Crippen LogP contribution >= 0.6 is 11.3 Å². The standard InChI is InChI=1S/C10H15N3O4S2/c1-3-4-19(16,17)8-5-11-9(18-8)13-7(14)6-12(2)10(13)15/h5,7,14H,3-4,6H2,1-2H3. The van der Waals surface area contributed by atoms with Crippen LogP contribution in [0.3, 0.4) is 0 Å². The van der Waals surface area contributed by atoms with Crippen molar-refractivity contribution in [2.45, 2.75) is 23.8 Å². The average Bonchev–Trinajstić information content (AvgIpc) is 2.86. The summed E-state index contributed by atoms with van der Waals surface area (Å²) in [6.07, 6.45) is 0.762. The van der Waals surface area contributed by atoms with Gasteiger partial charge in [-0.2, -0.15) is 0 Å². The second-order valence-corrected chi connectivity index (χ2v) is 7.64. The highest BCUT2D eigenvalue weighted by Crippen LogP contribution is 2.30. The van der Waals surface area contributed by atoms with Gasteiger partial charge >= 0.3 is 6.03 Å². The van der Waals surface area contributed by atoms with Gasteiger partial charge in [0, 0.05) is 7.05 Å². The monoisotopic (exact) mass is 305 g/mol. The number of aliphatic hydroxyl groups excluding tert-OH is 1. The van der Waals surface area contributed by atoms with E-state index in [1.54, 1.807) is 14.0 Å². The molecule has 0 bridgehead atoms. The number of aliphatic hydroxyl groups is 1. The van der Waals surface area contributed by atoms with Crippen molar-refractivity contribution in [3.63, 3.8) is 0 Å². The van der Waals surface area contributed by atoms with Gasteiger partial charge < -0.3 is 10.0 Å². The number of hydrogen-bond donors (Lipinski definition) is 1. The van der Waals surface area contributed by atoms with Crippen molar-refractivity contribution in [2.75, 3.05) is 24.2 Å². The third-order valence-corrected chi connectivity index (χ3v) is 6.19. The first-order valence-corrected chi connectivity index (χ1v) is 8.24. The minimum atomic E-state index is -3.34. The van der Waals surface area contributed by atoms with E-state index in [9.17, 15) is 18.3 Å². The fraction of sp³-hybridized carbons (Fsp3) is 0.600. The Labute approximate surface area is 115 Å². The molecule has 1 aliphatic heterocycles. The van der Waals surface area contributed by atoms with Gasteiger partial charge in [-0.1, -0.05) is 18.3 Å². The van der Waals surface area contributed by atoms with Crippen LogP contribution in [-0.2, 0) is 9.84 Å². The van der Waals surface area contributed by atoms with Crippen LogP contribution in [0.15, 0.2) is 10.4 Å². The zero-order valence-electron chi connectivity index (χ0n) is 10.6. The van der Waals surface area contributed by atoms with E-state index < -0.39 is 16.1 Å². The fourth-order valence-electron chi connectivity index (χ4n) is 1.80. The summed E-state index contributed by atoms with van der Waals surface area (Å²) >= 11 is 0.906. The molecule has 0 aliphatic carbocycles. The van der Waals surface area contributed by atoms with Crippen molar-refractivity contribution in [1.29, 1.82) is 0 Å². The Morgan fingerprint density at radius 3 is 2.79 bits per heavy atom. The highest BCUT2D eigenvalue weighted by atomic mass is 32.2. The molecule has 2 heterocycles. The lowest BCUT2D eigenvalue weighted by molar-refractivity contribution is 0.183. The molecule has 2 amide bonds. The Balaban J connectivity index is 2.30. The number of aromatic nitrogens is 1. The molecule has 9 heteroatoms. The first kappa shape index (κ1) is 14.2. The van der Waals surface area contributed by atoms with E-state index in [0.717, 1.165) is 16.2 Å². The number of hydrogen-bond acceptors (Lipinski definition) is 6. The van der Waals surface area contributed by atoms with Crippen molar-refractivity contribution in [3.05, 3.63) is 6.20 Å². The van der Waals surface area contributed by atoms with E-state index in [1.165, 1.54) is 11.1 Å². The molecule has 1 fully saturated rings. The molecular weight excluding hydrogens is 290 g/mol. The first-order valence-electron chi connectivity index (χ1n) is 5.78. The van der Waals surface area contributed by atoms with Gasteiger partial charge in [0.15, 0.2) is 21.2 Å². The largest absolute Gasteiger partial charge is 0.371 e. The number of likely N-dealkylation sites (N-methyl/N-ethyl adjacent to an activating group) is 1. The summed E-state index contributed by atoms with van der Waals surface area (Å²) in [6, 6.07) is -0.388. The molecule has 7 nitrogen and oxygen atoms in total. The molecule has 1 atom stereocenters. The summed E-state index contributed by atoms with van der Waals surface area (Å²) < 4.78 is 23.9. The Morgan fingerprint density at radius 2 is 2.26 bits per heavy atom. The van der Waals surface area contributed by atoms with Gasteiger partial charge in [-0.05, 0) is 6.42 Å². The minimum absolute atomic E-state index is 0.0467. The number of carbonyl (C=O) groups is 1. The molecule has 0 radical (unpaired) electrons. The number of thiazole rings is 1. The van der Waals surface area contributed by atoms with Crippen LogP contribution in [0.1, 0.15) is 13.3 Å². The molecule has 1 unspecified atom stereocenters. The topological polar surface area (TPSA) is 90.8 Å². The highest BCUT2D eigenvalue weighted by Gasteiger charge is 2.37. The van der Waals surface area contributed by atoms with Crippen molar-refractivity contribution in [3.8, 4) is 0 Å². The Morgan fingerprint density at radius 1 is 1.58 bits per heavy atom. The second kappa shape index (κ2) is 5.06. The molecule has 2 rings (SSSR count). The quantitative estimate of drug-likeness (QED) is 0.875. The van der Waals surface area contributed by atoms with Crippen molar-refractivity contribution in [2.24, 2.45) is 0 Å². The van der Waals surface area contributed by atoms with Crippen molar-refractivity contribution >= 4 is 32.3 Å². The number of amides is 2. The predicted octanol–water partition coefficient (Wildman–Crippen LogP) is 0.517. The second-order valence-electron chi connectivity index (χ2n) is 4.29. The van der Waals surface area contributed by atoms with Gasteiger partial charge in [-0.25, -0.2) is 23.1 Å². The lowest BCUT2D eigenvalue weighted by atomic mass is 10.5. The SMILES string of the molecule is CCCS(=O)(=O)c1cnc(N2C(=O)N(C)CC2O)s1. The van der Waals surface area contributed by atoms with E-state index in [0.29, 0.717) is 6.42 Å². The molecule has 1 saturated heterocycles. The van der Waals surface area contributed by atoms with E-state index in [4.69, 9.17) is 0 Å². The number of anilines is 1. The molecule has 0 saturated carbocycles. The molecule has 19 heavy (non-hydrogen) atoms. The van der Waals surface area contributed by atoms with Gasteiger partial charge in [-0.15, -0.1) is 0 Å².